The fraction of sp³-hybridized carbons (Fsp3) is 0.478. The van der Waals surface area contributed by atoms with Gasteiger partial charge in [0.25, 0.3) is 0 Å². The molecule has 5 N–H and O–H groups in total. The average molecular weight is 616 g/mol. The Morgan fingerprint density at radius 2 is 2.12 bits per heavy atom. The van der Waals surface area contributed by atoms with Gasteiger partial charge in [0.2, 0.25) is 5.95 Å². The van der Waals surface area contributed by atoms with Crippen molar-refractivity contribution in [2.75, 3.05) is 30.6 Å². The third-order valence-electron chi connectivity index (χ3n) is 6.77. The number of fused-ring (bicyclic) bond motifs is 2. The fourth-order valence-electron chi connectivity index (χ4n) is 4.77. The number of hydrogen-bond acceptors (Lipinski definition) is 12. The van der Waals surface area contributed by atoms with Crippen molar-refractivity contribution in [3.63, 3.8) is 0 Å². The van der Waals surface area contributed by atoms with Gasteiger partial charge in [-0.25, -0.2) is 14.5 Å². The number of ether oxygens (including phenoxy) is 2. The molecular formula is C23H28ClFN7O6PS. The first-order chi connectivity index (χ1) is 19.0. The number of nitrogen functional groups attached to an aromatic ring is 1. The molecule has 0 amide bonds. The van der Waals surface area contributed by atoms with Crippen LogP contribution < -0.4 is 20.7 Å². The number of imidazole rings is 1. The Morgan fingerprint density at radius 1 is 1.40 bits per heavy atom. The number of aromatic nitrogens is 4. The van der Waals surface area contributed by atoms with Gasteiger partial charge < -0.3 is 30.2 Å². The van der Waals surface area contributed by atoms with Gasteiger partial charge >= 0.3 is 12.6 Å². The number of aliphatic hydroxyl groups is 1. The van der Waals surface area contributed by atoms with Crippen molar-refractivity contribution >= 4 is 58.9 Å². The molecule has 3 heterocycles. The van der Waals surface area contributed by atoms with Gasteiger partial charge in [-0.3, -0.25) is 13.9 Å². The monoisotopic (exact) mass is 615 g/mol. The molecule has 5 rings (SSSR count). The van der Waals surface area contributed by atoms with Crippen molar-refractivity contribution in [2.24, 2.45) is 0 Å². The van der Waals surface area contributed by atoms with E-state index < -0.39 is 48.4 Å². The molecule has 1 saturated carbocycles. The summed E-state index contributed by atoms with van der Waals surface area (Å²) in [4.78, 5) is 24.8. The standard InChI is InChI=1S/C23H28ClFN7O6PS/c1-4-35-19(33)12(2)31-39(40,37-13-8-6-5-7-9-13)38-20-22(10-24)23(20,34)15(25)18(36-22)32-11-28-14-16(27-3)29-21(26)30-17(14)32/h5-9,11-12,15,18,20,34H,4,10H2,1-3H3,(H,31,40)(H3,26,27,29,30)/t12-,15-,18-,20?,22?,23-,39?/m1/s1. The van der Waals surface area contributed by atoms with Crippen LogP contribution in [0.1, 0.15) is 20.1 Å². The lowest BCUT2D eigenvalue weighted by Gasteiger charge is -2.29. The summed E-state index contributed by atoms with van der Waals surface area (Å²) >= 11 is 12.0. The van der Waals surface area contributed by atoms with Crippen LogP contribution in [0.2, 0.25) is 0 Å². The average Bonchev–Trinajstić information content (AvgIpc) is 3.17. The number of carbonyl (C=O) groups excluding carboxylic acids is 1. The highest BCUT2D eigenvalue weighted by Crippen LogP contribution is 2.69. The van der Waals surface area contributed by atoms with Crippen molar-refractivity contribution in [3.8, 4) is 5.75 Å². The molecule has 40 heavy (non-hydrogen) atoms. The lowest BCUT2D eigenvalue weighted by atomic mass is 10.1. The molecule has 1 aliphatic heterocycles. The Bertz CT molecular complexity index is 1470. The Kier molecular flexibility index (Phi) is 7.68. The summed E-state index contributed by atoms with van der Waals surface area (Å²) < 4.78 is 40.7. The van der Waals surface area contributed by atoms with Gasteiger partial charge in [-0.2, -0.15) is 9.97 Å². The van der Waals surface area contributed by atoms with Gasteiger partial charge in [-0.05, 0) is 37.8 Å². The summed E-state index contributed by atoms with van der Waals surface area (Å²) in [6.07, 6.45) is -3.44. The number of nitrogens with zero attached hydrogens (tertiary/aromatic N) is 4. The second kappa shape index (κ2) is 10.6. The van der Waals surface area contributed by atoms with Gasteiger partial charge in [0.1, 0.15) is 23.5 Å². The first-order valence-corrected chi connectivity index (χ1v) is 15.5. The van der Waals surface area contributed by atoms with Crippen LogP contribution in [0.25, 0.3) is 11.2 Å². The summed E-state index contributed by atoms with van der Waals surface area (Å²) in [5, 5.41) is 17.3. The predicted molar refractivity (Wildman–Crippen MR) is 148 cm³/mol. The number of nitrogens with two attached hydrogens (primary N) is 1. The summed E-state index contributed by atoms with van der Waals surface area (Å²) in [7, 11) is 1.63. The first-order valence-electron chi connectivity index (χ1n) is 12.3. The van der Waals surface area contributed by atoms with Crippen molar-refractivity contribution < 1.29 is 32.8 Å². The minimum atomic E-state index is -3.63. The highest BCUT2D eigenvalue weighted by molar-refractivity contribution is 8.09. The number of alkyl halides is 2. The van der Waals surface area contributed by atoms with Crippen LogP contribution in [0.3, 0.4) is 0 Å². The Morgan fingerprint density at radius 3 is 2.75 bits per heavy atom. The fourth-order valence-corrected chi connectivity index (χ4v) is 7.92. The van der Waals surface area contributed by atoms with E-state index in [9.17, 15) is 9.90 Å². The number of hydrogen-bond donors (Lipinski definition) is 4. The molecule has 1 saturated heterocycles. The van der Waals surface area contributed by atoms with Gasteiger partial charge in [0.15, 0.2) is 35.0 Å². The Balaban J connectivity index is 1.44. The maximum atomic E-state index is 16.1. The predicted octanol–water partition coefficient (Wildman–Crippen LogP) is 2.27. The second-order valence-corrected chi connectivity index (χ2v) is 12.6. The molecule has 0 bridgehead atoms. The number of esters is 1. The van der Waals surface area contributed by atoms with Crippen LogP contribution in [0, 0.1) is 0 Å². The number of halogens is 2. The van der Waals surface area contributed by atoms with Crippen LogP contribution in [-0.2, 0) is 30.6 Å². The zero-order valence-corrected chi connectivity index (χ0v) is 24.1. The summed E-state index contributed by atoms with van der Waals surface area (Å²) in [5.74, 6) is -0.320. The van der Waals surface area contributed by atoms with E-state index in [-0.39, 0.29) is 24.1 Å². The molecule has 13 nitrogen and oxygen atoms in total. The zero-order chi connectivity index (χ0) is 28.9. The van der Waals surface area contributed by atoms with Crippen LogP contribution in [-0.4, -0.2) is 79.6 Å². The molecule has 1 aliphatic carbocycles. The molecule has 3 aromatic rings. The van der Waals surface area contributed by atoms with E-state index in [1.54, 1.807) is 44.3 Å². The summed E-state index contributed by atoms with van der Waals surface area (Å²) in [6, 6.07) is 7.57. The molecule has 2 fully saturated rings. The Hall–Kier alpha value is -2.65. The lowest BCUT2D eigenvalue weighted by molar-refractivity contribution is -0.144. The number of nitrogens with one attached hydrogen (secondary N) is 2. The molecule has 0 spiro atoms. The van der Waals surface area contributed by atoms with E-state index >= 15 is 4.39 Å². The first kappa shape index (κ1) is 28.9. The van der Waals surface area contributed by atoms with E-state index in [4.69, 9.17) is 47.7 Å². The zero-order valence-electron chi connectivity index (χ0n) is 21.7. The van der Waals surface area contributed by atoms with E-state index in [0.29, 0.717) is 17.1 Å². The summed E-state index contributed by atoms with van der Waals surface area (Å²) in [6.45, 7) is -0.284. The van der Waals surface area contributed by atoms with Gasteiger partial charge in [-0.15, -0.1) is 11.6 Å². The number of para-hydroxylation sites is 1. The topological polar surface area (TPSA) is 168 Å². The van der Waals surface area contributed by atoms with Crippen LogP contribution in [0.5, 0.6) is 5.75 Å². The molecular weight excluding hydrogens is 588 g/mol. The molecule has 2 aliphatic rings. The quantitative estimate of drug-likeness (QED) is 0.141. The van der Waals surface area contributed by atoms with Crippen molar-refractivity contribution in [1.82, 2.24) is 24.6 Å². The largest absolute Gasteiger partial charge is 0.465 e. The van der Waals surface area contributed by atoms with Gasteiger partial charge in [0.05, 0.1) is 18.8 Å². The molecule has 0 radical (unpaired) electrons. The Labute approximate surface area is 238 Å². The smallest absolute Gasteiger partial charge is 0.323 e. The number of anilines is 2. The third kappa shape index (κ3) is 4.59. The highest BCUT2D eigenvalue weighted by Gasteiger charge is 2.89. The number of rotatable bonds is 11. The summed E-state index contributed by atoms with van der Waals surface area (Å²) in [5.41, 5.74) is 2.44. The normalized spacial score (nSPS) is 29.4. The van der Waals surface area contributed by atoms with Gasteiger partial charge in [0, 0.05) is 7.05 Å². The number of benzene rings is 1. The highest BCUT2D eigenvalue weighted by atomic mass is 35.5. The second-order valence-electron chi connectivity index (χ2n) is 9.25. The van der Waals surface area contributed by atoms with E-state index in [0.717, 1.165) is 0 Å². The SMILES string of the molecule is CCOC(=O)[C@@H](C)NP(=S)(Oc1ccccc1)OC1C2(CCl)O[C@@H](n3cnc4c(NC)nc(N)nc43)[C@@H](F)[C@@]12O. The molecule has 7 atom stereocenters. The minimum Gasteiger partial charge on any atom is -0.465 e. The van der Waals surface area contributed by atoms with E-state index in [2.05, 4.69) is 25.4 Å². The van der Waals surface area contributed by atoms with E-state index in [1.807, 2.05) is 0 Å². The molecule has 3 unspecified atom stereocenters. The lowest BCUT2D eigenvalue weighted by Crippen LogP contribution is -2.38. The van der Waals surface area contributed by atoms with Crippen molar-refractivity contribution in [1.29, 1.82) is 0 Å². The van der Waals surface area contributed by atoms with Crippen LogP contribution in [0.15, 0.2) is 36.7 Å². The van der Waals surface area contributed by atoms with Crippen molar-refractivity contribution in [2.45, 2.75) is 49.6 Å². The minimum absolute atomic E-state index is 0.0651. The molecule has 1 aromatic carbocycles. The molecule has 2 aromatic heterocycles. The van der Waals surface area contributed by atoms with Crippen molar-refractivity contribution in [3.05, 3.63) is 36.7 Å². The maximum absolute atomic E-state index is 16.1. The molecule has 216 valence electrons. The molecule has 17 heteroatoms. The number of carbonyl (C=O) groups is 1. The maximum Gasteiger partial charge on any atom is 0.323 e. The third-order valence-corrected chi connectivity index (χ3v) is 9.61. The van der Waals surface area contributed by atoms with E-state index in [1.165, 1.54) is 17.8 Å². The van der Waals surface area contributed by atoms with Gasteiger partial charge in [-0.1, -0.05) is 18.2 Å². The van der Waals surface area contributed by atoms with Crippen LogP contribution in [0.4, 0.5) is 16.2 Å². The van der Waals surface area contributed by atoms with Crippen LogP contribution >= 0.6 is 18.2 Å².